The molecule has 0 saturated carbocycles. The lowest BCUT2D eigenvalue weighted by Crippen LogP contribution is -1.86. The van der Waals surface area contributed by atoms with E-state index in [1.54, 1.807) is 11.4 Å². The minimum absolute atomic E-state index is 0.145. The zero-order valence-corrected chi connectivity index (χ0v) is 7.89. The highest BCUT2D eigenvalue weighted by Gasteiger charge is 2.08. The van der Waals surface area contributed by atoms with Gasteiger partial charge < -0.3 is 5.11 Å². The molecule has 0 spiro atoms. The predicted octanol–water partition coefficient (Wildman–Crippen LogP) is 2.47. The van der Waals surface area contributed by atoms with Crippen LogP contribution in [0.1, 0.15) is 10.5 Å². The Bertz CT molecular complexity index is 480. The second kappa shape index (κ2) is 2.97. The van der Waals surface area contributed by atoms with Gasteiger partial charge in [0.05, 0.1) is 10.4 Å². The van der Waals surface area contributed by atoms with Crippen LogP contribution in [0.15, 0.2) is 11.4 Å². The first-order chi connectivity index (χ1) is 6.22. The largest absolute Gasteiger partial charge is 0.506 e. The molecule has 0 radical (unpaired) electrons. The number of pyridine rings is 1. The van der Waals surface area contributed by atoms with Gasteiger partial charge >= 0.3 is 0 Å². The van der Waals surface area contributed by atoms with E-state index in [0.29, 0.717) is 16.5 Å². The SMILES string of the molecule is O=Cc1nc2scc(O)c2cc1Cl. The van der Waals surface area contributed by atoms with Gasteiger partial charge in [-0.25, -0.2) is 4.98 Å². The molecule has 0 fully saturated rings. The van der Waals surface area contributed by atoms with E-state index in [1.165, 1.54) is 11.3 Å². The second-order valence-electron chi connectivity index (χ2n) is 2.45. The van der Waals surface area contributed by atoms with Crippen molar-refractivity contribution >= 4 is 39.4 Å². The van der Waals surface area contributed by atoms with Crippen LogP contribution in [0.3, 0.4) is 0 Å². The summed E-state index contributed by atoms with van der Waals surface area (Å²) in [5.41, 5.74) is 0.205. The number of thiophene rings is 1. The molecule has 0 aliphatic heterocycles. The third-order valence-corrected chi connectivity index (χ3v) is 2.82. The van der Waals surface area contributed by atoms with Crippen LogP contribution in [-0.2, 0) is 0 Å². The number of nitrogens with zero attached hydrogens (tertiary/aromatic N) is 1. The quantitative estimate of drug-likeness (QED) is 0.741. The van der Waals surface area contributed by atoms with Gasteiger partial charge in [-0.05, 0) is 6.07 Å². The van der Waals surface area contributed by atoms with Gasteiger partial charge in [0.25, 0.3) is 0 Å². The van der Waals surface area contributed by atoms with Gasteiger partial charge in [-0.15, -0.1) is 11.3 Å². The van der Waals surface area contributed by atoms with Crippen LogP contribution in [0.2, 0.25) is 5.02 Å². The first kappa shape index (κ1) is 8.47. The first-order valence-electron chi connectivity index (χ1n) is 3.44. The zero-order chi connectivity index (χ0) is 9.42. The Morgan fingerprint density at radius 3 is 3.08 bits per heavy atom. The number of aromatic nitrogens is 1. The maximum atomic E-state index is 10.5. The third-order valence-electron chi connectivity index (χ3n) is 1.64. The van der Waals surface area contributed by atoms with Gasteiger partial charge in [-0.3, -0.25) is 4.79 Å². The monoisotopic (exact) mass is 213 g/mol. The van der Waals surface area contributed by atoms with Crippen molar-refractivity contribution in [2.75, 3.05) is 0 Å². The van der Waals surface area contributed by atoms with E-state index in [-0.39, 0.29) is 16.5 Å². The normalized spacial score (nSPS) is 10.5. The zero-order valence-electron chi connectivity index (χ0n) is 6.32. The maximum absolute atomic E-state index is 10.5. The van der Waals surface area contributed by atoms with E-state index in [4.69, 9.17) is 11.6 Å². The van der Waals surface area contributed by atoms with Gasteiger partial charge in [0.1, 0.15) is 16.3 Å². The van der Waals surface area contributed by atoms with E-state index in [1.807, 2.05) is 0 Å². The number of hydrogen-bond acceptors (Lipinski definition) is 4. The van der Waals surface area contributed by atoms with Crippen LogP contribution in [0.25, 0.3) is 10.2 Å². The van der Waals surface area contributed by atoms with Crippen LogP contribution in [-0.4, -0.2) is 16.4 Å². The summed E-state index contributed by atoms with van der Waals surface area (Å²) in [6, 6.07) is 1.54. The smallest absolute Gasteiger partial charge is 0.170 e. The van der Waals surface area contributed by atoms with E-state index in [2.05, 4.69) is 4.98 Å². The van der Waals surface area contributed by atoms with Gasteiger partial charge in [0, 0.05) is 5.38 Å². The minimum Gasteiger partial charge on any atom is -0.506 e. The van der Waals surface area contributed by atoms with Crippen molar-refractivity contribution in [3.05, 3.63) is 22.2 Å². The molecule has 0 amide bonds. The lowest BCUT2D eigenvalue weighted by atomic mass is 10.3. The Morgan fingerprint density at radius 2 is 2.38 bits per heavy atom. The fraction of sp³-hybridized carbons (Fsp3) is 0. The summed E-state index contributed by atoms with van der Waals surface area (Å²) in [6.07, 6.45) is 0.596. The number of hydrogen-bond donors (Lipinski definition) is 1. The van der Waals surface area contributed by atoms with Crippen LogP contribution < -0.4 is 0 Å². The summed E-state index contributed by atoms with van der Waals surface area (Å²) in [5, 5.41) is 11.7. The molecule has 66 valence electrons. The topological polar surface area (TPSA) is 50.2 Å². The number of rotatable bonds is 1. The Hall–Kier alpha value is -1.13. The molecule has 0 unspecified atom stereocenters. The van der Waals surface area contributed by atoms with Crippen LogP contribution in [0.5, 0.6) is 5.75 Å². The average molecular weight is 214 g/mol. The van der Waals surface area contributed by atoms with Crippen LogP contribution in [0, 0.1) is 0 Å². The number of fused-ring (bicyclic) bond motifs is 1. The molecule has 5 heteroatoms. The van der Waals surface area contributed by atoms with Gasteiger partial charge in [0.2, 0.25) is 0 Å². The highest BCUT2D eigenvalue weighted by Crippen LogP contribution is 2.32. The standard InChI is InChI=1S/C8H4ClNO2S/c9-5-1-4-7(12)3-13-8(4)10-6(5)2-11/h1-3,12H. The van der Waals surface area contributed by atoms with Crippen molar-refractivity contribution in [3.8, 4) is 5.75 Å². The molecular formula is C8H4ClNO2S. The van der Waals surface area contributed by atoms with Gasteiger partial charge in [0.15, 0.2) is 6.29 Å². The summed E-state index contributed by atoms with van der Waals surface area (Å²) in [4.78, 5) is 15.1. The van der Waals surface area contributed by atoms with E-state index in [9.17, 15) is 9.90 Å². The Labute approximate surface area is 82.6 Å². The molecule has 13 heavy (non-hydrogen) atoms. The highest BCUT2D eigenvalue weighted by atomic mass is 35.5. The number of halogens is 1. The number of aldehydes is 1. The van der Waals surface area contributed by atoms with Gasteiger partial charge in [-0.2, -0.15) is 0 Å². The van der Waals surface area contributed by atoms with Crippen molar-refractivity contribution in [1.82, 2.24) is 4.98 Å². The Kier molecular flexibility index (Phi) is 1.94. The summed E-state index contributed by atoms with van der Waals surface area (Å²) in [5.74, 6) is 0.145. The molecule has 3 nitrogen and oxygen atoms in total. The molecule has 2 aromatic rings. The summed E-state index contributed by atoms with van der Waals surface area (Å²) < 4.78 is 0. The van der Waals surface area contributed by atoms with Crippen molar-refractivity contribution < 1.29 is 9.90 Å². The Balaban J connectivity index is 2.83. The molecule has 0 aliphatic carbocycles. The minimum atomic E-state index is 0.145. The maximum Gasteiger partial charge on any atom is 0.170 e. The molecule has 0 aliphatic rings. The second-order valence-corrected chi connectivity index (χ2v) is 3.71. The van der Waals surface area contributed by atoms with E-state index in [0.717, 1.165) is 0 Å². The van der Waals surface area contributed by atoms with E-state index < -0.39 is 0 Å². The average Bonchev–Trinajstić information content (AvgIpc) is 2.47. The van der Waals surface area contributed by atoms with Crippen LogP contribution in [0.4, 0.5) is 0 Å². The molecule has 0 saturated heterocycles. The fourth-order valence-corrected chi connectivity index (χ4v) is 2.00. The van der Waals surface area contributed by atoms with Gasteiger partial charge in [-0.1, -0.05) is 11.6 Å². The summed E-state index contributed by atoms with van der Waals surface area (Å²) >= 11 is 7.01. The summed E-state index contributed by atoms with van der Waals surface area (Å²) in [6.45, 7) is 0. The molecule has 0 atom stereocenters. The van der Waals surface area contributed by atoms with Crippen molar-refractivity contribution in [2.45, 2.75) is 0 Å². The number of aromatic hydroxyl groups is 1. The molecular weight excluding hydrogens is 210 g/mol. The van der Waals surface area contributed by atoms with Crippen LogP contribution >= 0.6 is 22.9 Å². The first-order valence-corrected chi connectivity index (χ1v) is 4.70. The third kappa shape index (κ3) is 1.28. The number of carbonyl (C=O) groups is 1. The van der Waals surface area contributed by atoms with Crippen molar-refractivity contribution in [1.29, 1.82) is 0 Å². The Morgan fingerprint density at radius 1 is 1.62 bits per heavy atom. The molecule has 2 heterocycles. The molecule has 0 aromatic carbocycles. The lowest BCUT2D eigenvalue weighted by molar-refractivity contribution is 0.111. The fourth-order valence-electron chi connectivity index (χ4n) is 1.02. The molecule has 2 rings (SSSR count). The predicted molar refractivity (Wildman–Crippen MR) is 51.7 cm³/mol. The number of carbonyl (C=O) groups excluding carboxylic acids is 1. The molecule has 1 N–H and O–H groups in total. The van der Waals surface area contributed by atoms with Crippen molar-refractivity contribution in [2.24, 2.45) is 0 Å². The highest BCUT2D eigenvalue weighted by molar-refractivity contribution is 7.17. The molecule has 0 bridgehead atoms. The molecule has 2 aromatic heterocycles. The lowest BCUT2D eigenvalue weighted by Gasteiger charge is -1.95. The summed E-state index contributed by atoms with van der Waals surface area (Å²) in [7, 11) is 0. The van der Waals surface area contributed by atoms with Crippen molar-refractivity contribution in [3.63, 3.8) is 0 Å². The van der Waals surface area contributed by atoms with E-state index >= 15 is 0 Å².